The van der Waals surface area contributed by atoms with E-state index < -0.39 is 15.8 Å². The van der Waals surface area contributed by atoms with E-state index in [1.54, 1.807) is 0 Å². The second kappa shape index (κ2) is 5.67. The topological polar surface area (TPSA) is 86.5 Å². The Labute approximate surface area is 95.7 Å². The van der Waals surface area contributed by atoms with Gasteiger partial charge in [-0.15, -0.1) is 12.4 Å². The Morgan fingerprint density at radius 2 is 2.13 bits per heavy atom. The van der Waals surface area contributed by atoms with Crippen LogP contribution in [-0.4, -0.2) is 39.0 Å². The molecule has 90 valence electrons. The van der Waals surface area contributed by atoms with Crippen LogP contribution < -0.4 is 5.73 Å². The predicted octanol–water partition coefficient (Wildman–Crippen LogP) is -0.267. The normalized spacial score (nSPS) is 28.9. The molecule has 15 heavy (non-hydrogen) atoms. The summed E-state index contributed by atoms with van der Waals surface area (Å²) >= 11 is 0. The Hall–Kier alpha value is -0.330. The van der Waals surface area contributed by atoms with Gasteiger partial charge < -0.3 is 10.5 Å². The van der Waals surface area contributed by atoms with Gasteiger partial charge in [0.15, 0.2) is 9.84 Å². The van der Waals surface area contributed by atoms with E-state index in [0.717, 1.165) is 0 Å². The number of carbonyl (C=O) groups is 1. The molecule has 2 N–H and O–H groups in total. The Morgan fingerprint density at radius 1 is 1.53 bits per heavy atom. The maximum absolute atomic E-state index is 11.3. The van der Waals surface area contributed by atoms with Crippen molar-refractivity contribution in [3.05, 3.63) is 0 Å². The van der Waals surface area contributed by atoms with Crippen LogP contribution in [0.25, 0.3) is 0 Å². The van der Waals surface area contributed by atoms with Crippen molar-refractivity contribution in [2.45, 2.75) is 18.9 Å². The number of hydrogen-bond donors (Lipinski definition) is 1. The van der Waals surface area contributed by atoms with Gasteiger partial charge in [-0.2, -0.15) is 0 Å². The smallest absolute Gasteiger partial charge is 0.305 e. The van der Waals surface area contributed by atoms with Crippen LogP contribution in [0.4, 0.5) is 0 Å². The molecule has 1 aliphatic heterocycles. The molecule has 2 unspecified atom stereocenters. The standard InChI is InChI=1S/C8H15NO4S.ClH/c1-13-8(10)4-6-5-14(11,12)3-2-7(6)9;/h6-7H,2-5,9H2,1H3;1H. The molecule has 0 spiro atoms. The monoisotopic (exact) mass is 257 g/mol. The number of sulfone groups is 1. The Balaban J connectivity index is 0.00000196. The molecule has 0 aromatic rings. The van der Waals surface area contributed by atoms with Crippen LogP contribution in [0.5, 0.6) is 0 Å². The molecular weight excluding hydrogens is 242 g/mol. The first-order chi connectivity index (χ1) is 6.44. The van der Waals surface area contributed by atoms with Gasteiger partial charge >= 0.3 is 5.97 Å². The number of halogens is 1. The van der Waals surface area contributed by atoms with Crippen LogP contribution in [0.3, 0.4) is 0 Å². The van der Waals surface area contributed by atoms with E-state index >= 15 is 0 Å². The highest BCUT2D eigenvalue weighted by atomic mass is 35.5. The van der Waals surface area contributed by atoms with Gasteiger partial charge in [-0.1, -0.05) is 0 Å². The van der Waals surface area contributed by atoms with Crippen LogP contribution in [0, 0.1) is 5.92 Å². The molecule has 1 fully saturated rings. The van der Waals surface area contributed by atoms with Gasteiger partial charge in [0.1, 0.15) is 0 Å². The molecule has 5 nitrogen and oxygen atoms in total. The van der Waals surface area contributed by atoms with Gasteiger partial charge in [-0.05, 0) is 12.3 Å². The van der Waals surface area contributed by atoms with E-state index in [1.807, 2.05) is 0 Å². The summed E-state index contributed by atoms with van der Waals surface area (Å²) in [5, 5.41) is 0. The van der Waals surface area contributed by atoms with Crippen LogP contribution in [0.15, 0.2) is 0 Å². The zero-order chi connectivity index (χ0) is 10.8. The van der Waals surface area contributed by atoms with E-state index in [-0.39, 0.29) is 42.3 Å². The summed E-state index contributed by atoms with van der Waals surface area (Å²) < 4.78 is 27.0. The lowest BCUT2D eigenvalue weighted by Gasteiger charge is -2.27. The summed E-state index contributed by atoms with van der Waals surface area (Å²) in [5.74, 6) is -0.557. The van der Waals surface area contributed by atoms with Gasteiger partial charge in [0.05, 0.1) is 25.0 Å². The molecule has 1 aliphatic rings. The number of hydrogen-bond acceptors (Lipinski definition) is 5. The maximum Gasteiger partial charge on any atom is 0.305 e. The van der Waals surface area contributed by atoms with E-state index in [1.165, 1.54) is 7.11 Å². The molecule has 0 saturated carbocycles. The summed E-state index contributed by atoms with van der Waals surface area (Å²) in [5.41, 5.74) is 5.73. The molecule has 0 aromatic heterocycles. The molecule has 0 bridgehead atoms. The van der Waals surface area contributed by atoms with Gasteiger partial charge in [-0.3, -0.25) is 4.79 Å². The quantitative estimate of drug-likeness (QED) is 0.689. The zero-order valence-corrected chi connectivity index (χ0v) is 10.1. The van der Waals surface area contributed by atoms with Crippen molar-refractivity contribution in [1.82, 2.24) is 0 Å². The minimum atomic E-state index is -3.01. The molecule has 0 radical (unpaired) electrons. The fourth-order valence-corrected chi connectivity index (χ4v) is 3.41. The number of carbonyl (C=O) groups excluding carboxylic acids is 1. The summed E-state index contributed by atoms with van der Waals surface area (Å²) in [4.78, 5) is 11.0. The minimum Gasteiger partial charge on any atom is -0.469 e. The van der Waals surface area contributed by atoms with E-state index in [9.17, 15) is 13.2 Å². The largest absolute Gasteiger partial charge is 0.469 e. The Kier molecular flexibility index (Phi) is 5.55. The third-order valence-electron chi connectivity index (χ3n) is 2.49. The van der Waals surface area contributed by atoms with Crippen molar-refractivity contribution in [1.29, 1.82) is 0 Å². The highest BCUT2D eigenvalue weighted by Crippen LogP contribution is 2.20. The third kappa shape index (κ3) is 4.36. The molecule has 0 aromatic carbocycles. The first-order valence-electron chi connectivity index (χ1n) is 4.47. The maximum atomic E-state index is 11.3. The van der Waals surface area contributed by atoms with Gasteiger partial charge in [0, 0.05) is 6.04 Å². The first-order valence-corrected chi connectivity index (χ1v) is 6.29. The van der Waals surface area contributed by atoms with Crippen molar-refractivity contribution >= 4 is 28.2 Å². The molecule has 1 saturated heterocycles. The van der Waals surface area contributed by atoms with Crippen LogP contribution >= 0.6 is 12.4 Å². The van der Waals surface area contributed by atoms with Gasteiger partial charge in [0.25, 0.3) is 0 Å². The lowest BCUT2D eigenvalue weighted by molar-refractivity contribution is -0.141. The first kappa shape index (κ1) is 14.7. The average Bonchev–Trinajstić information content (AvgIpc) is 2.11. The highest BCUT2D eigenvalue weighted by Gasteiger charge is 2.32. The summed E-state index contributed by atoms with van der Waals surface area (Å²) in [6.07, 6.45) is 0.529. The van der Waals surface area contributed by atoms with Gasteiger partial charge in [-0.25, -0.2) is 8.42 Å². The van der Waals surface area contributed by atoms with Crippen molar-refractivity contribution < 1.29 is 17.9 Å². The Morgan fingerprint density at radius 3 is 2.67 bits per heavy atom. The summed E-state index contributed by atoms with van der Waals surface area (Å²) in [6, 6.07) is -0.211. The molecule has 1 rings (SSSR count). The van der Waals surface area contributed by atoms with Crippen molar-refractivity contribution in [3.63, 3.8) is 0 Å². The molecule has 0 aliphatic carbocycles. The molecule has 0 amide bonds. The van der Waals surface area contributed by atoms with Crippen LogP contribution in [0.1, 0.15) is 12.8 Å². The second-order valence-electron chi connectivity index (χ2n) is 3.61. The van der Waals surface area contributed by atoms with Crippen LogP contribution in [0.2, 0.25) is 0 Å². The van der Waals surface area contributed by atoms with Crippen LogP contribution in [-0.2, 0) is 19.4 Å². The lowest BCUT2D eigenvalue weighted by atomic mass is 9.96. The van der Waals surface area contributed by atoms with Crippen molar-refractivity contribution in [2.75, 3.05) is 18.6 Å². The molecular formula is C8H16ClNO4S. The molecule has 1 heterocycles. The number of rotatable bonds is 2. The van der Waals surface area contributed by atoms with Crippen molar-refractivity contribution in [3.8, 4) is 0 Å². The summed E-state index contributed by atoms with van der Waals surface area (Å²) in [6.45, 7) is 0. The van der Waals surface area contributed by atoms with E-state index in [0.29, 0.717) is 6.42 Å². The summed E-state index contributed by atoms with van der Waals surface area (Å²) in [7, 11) is -1.72. The fourth-order valence-electron chi connectivity index (χ4n) is 1.59. The number of esters is 1. The predicted molar refractivity (Wildman–Crippen MR) is 58.6 cm³/mol. The highest BCUT2D eigenvalue weighted by molar-refractivity contribution is 7.91. The van der Waals surface area contributed by atoms with Gasteiger partial charge in [0.2, 0.25) is 0 Å². The molecule has 2 atom stereocenters. The third-order valence-corrected chi connectivity index (χ3v) is 4.29. The fraction of sp³-hybridized carbons (Fsp3) is 0.875. The van der Waals surface area contributed by atoms with E-state index in [2.05, 4.69) is 4.74 Å². The zero-order valence-electron chi connectivity index (χ0n) is 8.51. The lowest BCUT2D eigenvalue weighted by Crippen LogP contribution is -2.42. The second-order valence-corrected chi connectivity index (χ2v) is 5.84. The Bertz CT molecular complexity index is 317. The molecule has 7 heteroatoms. The minimum absolute atomic E-state index is 0. The number of nitrogens with two attached hydrogens (primary N) is 1. The number of methoxy groups -OCH3 is 1. The average molecular weight is 258 g/mol. The SMILES string of the molecule is COC(=O)CC1CS(=O)(=O)CCC1N.Cl. The number of ether oxygens (including phenoxy) is 1. The van der Waals surface area contributed by atoms with Crippen molar-refractivity contribution in [2.24, 2.45) is 11.7 Å². The van der Waals surface area contributed by atoms with E-state index in [4.69, 9.17) is 5.73 Å².